The molecule has 0 aliphatic heterocycles. The second-order valence-electron chi connectivity index (χ2n) is 4.36. The number of phenolic OH excluding ortho intramolecular Hbond substituents is 1. The minimum atomic E-state index is -0.327. The average molecular weight is 288 g/mol. The number of nitrogens with two attached hydrogens (primary N) is 1. The normalized spacial score (nSPS) is 10.8. The second kappa shape index (κ2) is 4.58. The highest BCUT2D eigenvalue weighted by Gasteiger charge is 2.12. The van der Waals surface area contributed by atoms with Crippen molar-refractivity contribution in [3.05, 3.63) is 57.7 Å². The molecule has 3 rings (SSSR count). The zero-order valence-electron chi connectivity index (χ0n) is 10.3. The molecular formula is C15H10ClNO3. The number of nitrogen functional groups attached to an aromatic ring is 1. The molecule has 0 atom stereocenters. The van der Waals surface area contributed by atoms with Gasteiger partial charge in [0.05, 0.1) is 5.02 Å². The van der Waals surface area contributed by atoms with Gasteiger partial charge in [0.15, 0.2) is 5.43 Å². The second-order valence-corrected chi connectivity index (χ2v) is 4.77. The molecule has 0 spiro atoms. The summed E-state index contributed by atoms with van der Waals surface area (Å²) in [5.41, 5.74) is 6.72. The number of hydrogen-bond acceptors (Lipinski definition) is 4. The molecule has 0 unspecified atom stereocenters. The van der Waals surface area contributed by atoms with Crippen molar-refractivity contribution in [2.75, 3.05) is 5.73 Å². The van der Waals surface area contributed by atoms with Gasteiger partial charge in [-0.2, -0.15) is 0 Å². The van der Waals surface area contributed by atoms with E-state index in [4.69, 9.17) is 21.8 Å². The molecule has 20 heavy (non-hydrogen) atoms. The fourth-order valence-electron chi connectivity index (χ4n) is 2.06. The molecule has 0 amide bonds. The molecule has 0 fully saturated rings. The number of rotatable bonds is 1. The van der Waals surface area contributed by atoms with Crippen LogP contribution in [0.4, 0.5) is 5.69 Å². The van der Waals surface area contributed by atoms with Crippen LogP contribution in [0.5, 0.6) is 5.75 Å². The lowest BCUT2D eigenvalue weighted by Crippen LogP contribution is -2.00. The predicted octanol–water partition coefficient (Wildman–Crippen LogP) is 3.40. The van der Waals surface area contributed by atoms with Crippen LogP contribution in [0.25, 0.3) is 22.3 Å². The van der Waals surface area contributed by atoms with Gasteiger partial charge in [-0.05, 0) is 30.3 Å². The summed E-state index contributed by atoms with van der Waals surface area (Å²) in [6.45, 7) is 0. The van der Waals surface area contributed by atoms with E-state index in [2.05, 4.69) is 0 Å². The van der Waals surface area contributed by atoms with Crippen molar-refractivity contribution in [1.82, 2.24) is 0 Å². The zero-order chi connectivity index (χ0) is 14.3. The van der Waals surface area contributed by atoms with Crippen molar-refractivity contribution in [1.29, 1.82) is 0 Å². The Morgan fingerprint density at radius 2 is 1.95 bits per heavy atom. The summed E-state index contributed by atoms with van der Waals surface area (Å²) >= 11 is 6.11. The highest BCUT2D eigenvalue weighted by atomic mass is 35.5. The van der Waals surface area contributed by atoms with E-state index in [-0.39, 0.29) is 16.6 Å². The lowest BCUT2D eigenvalue weighted by atomic mass is 10.1. The Hall–Kier alpha value is -2.46. The zero-order valence-corrected chi connectivity index (χ0v) is 11.0. The van der Waals surface area contributed by atoms with Crippen molar-refractivity contribution >= 4 is 28.3 Å². The van der Waals surface area contributed by atoms with Crippen LogP contribution in [0.2, 0.25) is 5.02 Å². The summed E-state index contributed by atoms with van der Waals surface area (Å²) in [6, 6.07) is 10.9. The molecule has 5 heteroatoms. The number of fused-ring (bicyclic) bond motifs is 1. The van der Waals surface area contributed by atoms with Gasteiger partial charge in [-0.1, -0.05) is 17.7 Å². The standard InChI is InChI=1S/C15H10ClNO3/c16-10-6-8(17)4-5-9(10)14-7-12(19)15-11(18)2-1-3-13(15)20-14/h1-7,18H,17H2. The fraction of sp³-hybridized carbons (Fsp3) is 0. The number of aromatic hydroxyl groups is 1. The van der Waals surface area contributed by atoms with Crippen LogP contribution in [-0.4, -0.2) is 5.11 Å². The maximum absolute atomic E-state index is 12.1. The molecule has 1 heterocycles. The SMILES string of the molecule is Nc1ccc(-c2cc(=O)c3c(O)cccc3o2)c(Cl)c1. The van der Waals surface area contributed by atoms with Crippen molar-refractivity contribution in [2.24, 2.45) is 0 Å². The first-order valence-corrected chi connectivity index (χ1v) is 6.25. The van der Waals surface area contributed by atoms with Crippen molar-refractivity contribution in [3.63, 3.8) is 0 Å². The highest BCUT2D eigenvalue weighted by Crippen LogP contribution is 2.31. The van der Waals surface area contributed by atoms with Gasteiger partial charge in [0.1, 0.15) is 22.5 Å². The summed E-state index contributed by atoms with van der Waals surface area (Å²) in [7, 11) is 0. The molecule has 0 bridgehead atoms. The van der Waals surface area contributed by atoms with Gasteiger partial charge >= 0.3 is 0 Å². The van der Waals surface area contributed by atoms with Crippen LogP contribution in [0.1, 0.15) is 0 Å². The van der Waals surface area contributed by atoms with E-state index >= 15 is 0 Å². The summed E-state index contributed by atoms with van der Waals surface area (Å²) in [6.07, 6.45) is 0. The predicted molar refractivity (Wildman–Crippen MR) is 79.0 cm³/mol. The number of phenols is 1. The summed E-state index contributed by atoms with van der Waals surface area (Å²) in [5, 5.41) is 10.3. The molecule has 0 aliphatic carbocycles. The third-order valence-electron chi connectivity index (χ3n) is 2.99. The van der Waals surface area contributed by atoms with Gasteiger partial charge in [0.25, 0.3) is 0 Å². The first kappa shape index (κ1) is 12.6. The minimum absolute atomic E-state index is 0.105. The first-order valence-electron chi connectivity index (χ1n) is 5.87. The first-order chi connectivity index (χ1) is 9.56. The van der Waals surface area contributed by atoms with Crippen LogP contribution < -0.4 is 11.2 Å². The van der Waals surface area contributed by atoms with E-state index in [1.807, 2.05) is 0 Å². The molecule has 0 radical (unpaired) electrons. The van der Waals surface area contributed by atoms with Gasteiger partial charge in [-0.15, -0.1) is 0 Å². The summed E-state index contributed by atoms with van der Waals surface area (Å²) < 4.78 is 5.64. The molecule has 100 valence electrons. The average Bonchev–Trinajstić information content (AvgIpc) is 2.38. The Morgan fingerprint density at radius 1 is 1.15 bits per heavy atom. The maximum atomic E-state index is 12.1. The summed E-state index contributed by atoms with van der Waals surface area (Å²) in [5.74, 6) is 0.226. The number of benzene rings is 2. The number of anilines is 1. The molecule has 3 aromatic rings. The Labute approximate surface area is 119 Å². The van der Waals surface area contributed by atoms with Gasteiger partial charge in [0, 0.05) is 17.3 Å². The Morgan fingerprint density at radius 3 is 2.70 bits per heavy atom. The van der Waals surface area contributed by atoms with Crippen LogP contribution in [0.3, 0.4) is 0 Å². The minimum Gasteiger partial charge on any atom is -0.507 e. The largest absolute Gasteiger partial charge is 0.507 e. The Bertz CT molecular complexity index is 871. The van der Waals surface area contributed by atoms with Crippen molar-refractivity contribution in [2.45, 2.75) is 0 Å². The third kappa shape index (κ3) is 2.00. The smallest absolute Gasteiger partial charge is 0.197 e. The van der Waals surface area contributed by atoms with E-state index in [1.165, 1.54) is 12.1 Å². The molecule has 4 nitrogen and oxygen atoms in total. The van der Waals surface area contributed by atoms with E-state index in [0.717, 1.165) is 0 Å². The fourth-order valence-corrected chi connectivity index (χ4v) is 2.34. The van der Waals surface area contributed by atoms with Crippen LogP contribution in [0, 0.1) is 0 Å². The van der Waals surface area contributed by atoms with Gasteiger partial charge in [-0.25, -0.2) is 0 Å². The van der Waals surface area contributed by atoms with Crippen LogP contribution >= 0.6 is 11.6 Å². The lowest BCUT2D eigenvalue weighted by molar-refractivity contribution is 0.479. The van der Waals surface area contributed by atoms with Crippen molar-refractivity contribution < 1.29 is 9.52 Å². The molecule has 0 saturated heterocycles. The van der Waals surface area contributed by atoms with E-state index in [9.17, 15) is 9.90 Å². The van der Waals surface area contributed by atoms with Gasteiger partial charge in [0.2, 0.25) is 0 Å². The number of hydrogen-bond donors (Lipinski definition) is 2. The van der Waals surface area contributed by atoms with Crippen molar-refractivity contribution in [3.8, 4) is 17.1 Å². The number of halogens is 1. The molecule has 1 aromatic heterocycles. The molecule has 2 aromatic carbocycles. The van der Waals surface area contributed by atoms with Gasteiger partial charge in [-0.3, -0.25) is 4.79 Å². The monoisotopic (exact) mass is 287 g/mol. The Balaban J connectivity index is 2.31. The Kier molecular flexibility index (Phi) is 2.88. The van der Waals surface area contributed by atoms with Gasteiger partial charge < -0.3 is 15.3 Å². The molecule has 3 N–H and O–H groups in total. The van der Waals surface area contributed by atoms with Crippen LogP contribution in [-0.2, 0) is 0 Å². The maximum Gasteiger partial charge on any atom is 0.197 e. The molecular weight excluding hydrogens is 278 g/mol. The van der Waals surface area contributed by atoms with Crippen LogP contribution in [0.15, 0.2) is 51.7 Å². The molecule has 0 saturated carbocycles. The highest BCUT2D eigenvalue weighted by molar-refractivity contribution is 6.33. The van der Waals surface area contributed by atoms with E-state index < -0.39 is 0 Å². The lowest BCUT2D eigenvalue weighted by Gasteiger charge is -2.06. The topological polar surface area (TPSA) is 76.5 Å². The quantitative estimate of drug-likeness (QED) is 0.673. The third-order valence-corrected chi connectivity index (χ3v) is 3.30. The van der Waals surface area contributed by atoms with E-state index in [0.29, 0.717) is 27.6 Å². The molecule has 0 aliphatic rings. The van der Waals surface area contributed by atoms with E-state index in [1.54, 1.807) is 30.3 Å². The summed E-state index contributed by atoms with van der Waals surface area (Å²) in [4.78, 5) is 12.1.